The highest BCUT2D eigenvalue weighted by molar-refractivity contribution is 8.01. The van der Waals surface area contributed by atoms with Gasteiger partial charge in [-0.1, -0.05) is 6.07 Å². The number of nitrogens with zero attached hydrogens (tertiary/aromatic N) is 1. The van der Waals surface area contributed by atoms with Crippen LogP contribution in [0.4, 0.5) is 0 Å². The van der Waals surface area contributed by atoms with Crippen LogP contribution in [0.3, 0.4) is 0 Å². The number of methoxy groups -OCH3 is 3. The minimum atomic E-state index is -0.674. The quantitative estimate of drug-likeness (QED) is 0.554. The van der Waals surface area contributed by atoms with Crippen molar-refractivity contribution >= 4 is 29.5 Å². The Hall–Kier alpha value is -2.42. The van der Waals surface area contributed by atoms with Gasteiger partial charge >= 0.3 is 5.97 Å². The Balaban J connectivity index is 1.72. The molecule has 3 atom stereocenters. The molecule has 9 heteroatoms. The first-order valence-electron chi connectivity index (χ1n) is 8.82. The molecule has 2 fully saturated rings. The van der Waals surface area contributed by atoms with Crippen LogP contribution in [0.15, 0.2) is 18.2 Å². The van der Waals surface area contributed by atoms with Crippen molar-refractivity contribution in [3.8, 4) is 11.5 Å². The van der Waals surface area contributed by atoms with Gasteiger partial charge in [0.1, 0.15) is 29.0 Å². The third-order valence-corrected chi connectivity index (χ3v) is 6.62. The fourth-order valence-corrected chi connectivity index (χ4v) is 5.35. The van der Waals surface area contributed by atoms with E-state index in [2.05, 4.69) is 5.32 Å². The molecule has 2 heterocycles. The average molecular weight is 408 g/mol. The summed E-state index contributed by atoms with van der Waals surface area (Å²) in [6.07, 6.45) is 0.0121. The minimum absolute atomic E-state index is 0.0121. The molecule has 2 aliphatic heterocycles. The number of ether oxygens (including phenoxy) is 3. The Kier molecular flexibility index (Phi) is 5.47. The zero-order valence-electron chi connectivity index (χ0n) is 16.5. The molecule has 0 bridgehead atoms. The van der Waals surface area contributed by atoms with Crippen molar-refractivity contribution in [3.63, 3.8) is 0 Å². The van der Waals surface area contributed by atoms with Crippen LogP contribution in [0, 0.1) is 0 Å². The van der Waals surface area contributed by atoms with E-state index in [9.17, 15) is 14.4 Å². The zero-order valence-corrected chi connectivity index (χ0v) is 17.3. The van der Waals surface area contributed by atoms with Crippen molar-refractivity contribution in [1.29, 1.82) is 0 Å². The van der Waals surface area contributed by atoms with Gasteiger partial charge in [0.2, 0.25) is 11.8 Å². The second-order valence-electron chi connectivity index (χ2n) is 7.15. The van der Waals surface area contributed by atoms with Gasteiger partial charge in [0.15, 0.2) is 0 Å². The lowest BCUT2D eigenvalue weighted by Gasteiger charge is -2.43. The van der Waals surface area contributed by atoms with Crippen LogP contribution in [-0.2, 0) is 25.5 Å². The number of rotatable bonds is 6. The van der Waals surface area contributed by atoms with Gasteiger partial charge in [-0.2, -0.15) is 0 Å². The first-order chi connectivity index (χ1) is 13.2. The number of hydrogen-bond acceptors (Lipinski definition) is 7. The van der Waals surface area contributed by atoms with Crippen molar-refractivity contribution < 1.29 is 28.6 Å². The van der Waals surface area contributed by atoms with Crippen LogP contribution in [0.25, 0.3) is 0 Å². The molecule has 1 N–H and O–H groups in total. The summed E-state index contributed by atoms with van der Waals surface area (Å²) in [4.78, 5) is 38.9. The summed E-state index contributed by atoms with van der Waals surface area (Å²) in [5, 5.41) is 2.49. The maximum Gasteiger partial charge on any atom is 0.330 e. The Labute approximate surface area is 167 Å². The third-order valence-electron chi connectivity index (χ3n) is 5.05. The summed E-state index contributed by atoms with van der Waals surface area (Å²) in [6, 6.07) is 3.93. The van der Waals surface area contributed by atoms with Crippen molar-refractivity contribution in [3.05, 3.63) is 23.8 Å². The van der Waals surface area contributed by atoms with Gasteiger partial charge in [-0.15, -0.1) is 11.8 Å². The highest BCUT2D eigenvalue weighted by atomic mass is 32.2. The van der Waals surface area contributed by atoms with Gasteiger partial charge < -0.3 is 24.4 Å². The zero-order chi connectivity index (χ0) is 20.6. The van der Waals surface area contributed by atoms with Gasteiger partial charge in [0, 0.05) is 10.3 Å². The molecule has 3 rings (SSSR count). The number of fused-ring (bicyclic) bond motifs is 1. The lowest BCUT2D eigenvalue weighted by Crippen LogP contribution is -2.70. The summed E-state index contributed by atoms with van der Waals surface area (Å²) in [5.74, 6) is 0.0350. The van der Waals surface area contributed by atoms with E-state index in [4.69, 9.17) is 14.2 Å². The van der Waals surface area contributed by atoms with Crippen molar-refractivity contribution in [1.82, 2.24) is 10.2 Å². The van der Waals surface area contributed by atoms with Crippen molar-refractivity contribution in [2.75, 3.05) is 21.3 Å². The summed E-state index contributed by atoms with van der Waals surface area (Å²) in [6.45, 7) is 3.78. The van der Waals surface area contributed by atoms with Gasteiger partial charge in [-0.05, 0) is 26.0 Å². The predicted octanol–water partition coefficient (Wildman–Crippen LogP) is 0.966. The van der Waals surface area contributed by atoms with E-state index in [0.29, 0.717) is 17.1 Å². The highest BCUT2D eigenvalue weighted by Crippen LogP contribution is 2.51. The Morgan fingerprint density at radius 2 is 1.79 bits per heavy atom. The summed E-state index contributed by atoms with van der Waals surface area (Å²) in [7, 11) is 4.35. The molecule has 1 aromatic rings. The second kappa shape index (κ2) is 7.54. The standard InChI is InChI=1S/C19H24N2O6S/c1-19(2)15(18(24)27-5)21-16(23)14(17(21)28-19)20-13(22)9-10-11(25-3)7-6-8-12(10)26-4/h6-8,14-15,17H,9H2,1-5H3,(H,20,22)/t14?,15?,17-/m0/s1. The molecule has 2 unspecified atom stereocenters. The monoisotopic (exact) mass is 408 g/mol. The molecule has 0 aliphatic carbocycles. The summed E-state index contributed by atoms with van der Waals surface area (Å²) < 4.78 is 15.0. The molecular formula is C19H24N2O6S. The number of benzene rings is 1. The van der Waals surface area contributed by atoms with Crippen LogP contribution in [0.2, 0.25) is 0 Å². The van der Waals surface area contributed by atoms with E-state index in [0.717, 1.165) is 0 Å². The molecule has 2 saturated heterocycles. The maximum atomic E-state index is 12.6. The van der Waals surface area contributed by atoms with Crippen LogP contribution in [-0.4, -0.2) is 66.2 Å². The van der Waals surface area contributed by atoms with Gasteiger partial charge in [0.05, 0.1) is 27.8 Å². The minimum Gasteiger partial charge on any atom is -0.496 e. The molecule has 2 amide bonds. The van der Waals surface area contributed by atoms with E-state index in [-0.39, 0.29) is 23.6 Å². The Bertz CT molecular complexity index is 789. The van der Waals surface area contributed by atoms with E-state index < -0.39 is 22.8 Å². The SMILES string of the molecule is COC(=O)C1N2C(=O)C(NC(=O)Cc3c(OC)cccc3OC)[C@@H]2SC1(C)C. The fraction of sp³-hybridized carbons (Fsp3) is 0.526. The lowest BCUT2D eigenvalue weighted by atomic mass is 9.96. The molecule has 0 spiro atoms. The molecule has 8 nitrogen and oxygen atoms in total. The van der Waals surface area contributed by atoms with Crippen LogP contribution < -0.4 is 14.8 Å². The topological polar surface area (TPSA) is 94.2 Å². The van der Waals surface area contributed by atoms with E-state index in [1.165, 1.54) is 38.0 Å². The average Bonchev–Trinajstić information content (AvgIpc) is 2.93. The maximum absolute atomic E-state index is 12.6. The van der Waals surface area contributed by atoms with E-state index in [1.54, 1.807) is 18.2 Å². The largest absolute Gasteiger partial charge is 0.496 e. The van der Waals surface area contributed by atoms with Gasteiger partial charge in [-0.25, -0.2) is 4.79 Å². The molecule has 2 aliphatic rings. The molecule has 0 radical (unpaired) electrons. The number of hydrogen-bond donors (Lipinski definition) is 1. The summed E-state index contributed by atoms with van der Waals surface area (Å²) in [5.41, 5.74) is 0.612. The van der Waals surface area contributed by atoms with Crippen LogP contribution >= 0.6 is 11.8 Å². The number of carbonyl (C=O) groups excluding carboxylic acids is 3. The molecule has 1 aromatic carbocycles. The van der Waals surface area contributed by atoms with Gasteiger partial charge in [-0.3, -0.25) is 9.59 Å². The first kappa shape index (κ1) is 20.3. The van der Waals surface area contributed by atoms with Crippen LogP contribution in [0.1, 0.15) is 19.4 Å². The van der Waals surface area contributed by atoms with E-state index in [1.807, 2.05) is 13.8 Å². The predicted molar refractivity (Wildman–Crippen MR) is 103 cm³/mol. The number of thioether (sulfide) groups is 1. The van der Waals surface area contributed by atoms with Crippen molar-refractivity contribution in [2.24, 2.45) is 0 Å². The Morgan fingerprint density at radius 3 is 2.32 bits per heavy atom. The molecule has 0 aromatic heterocycles. The number of β-lactam (4-membered cyclic amide) rings is 1. The van der Waals surface area contributed by atoms with E-state index >= 15 is 0 Å². The Morgan fingerprint density at radius 1 is 1.18 bits per heavy atom. The number of esters is 1. The molecular weight excluding hydrogens is 384 g/mol. The molecule has 28 heavy (non-hydrogen) atoms. The fourth-order valence-electron chi connectivity index (χ4n) is 3.73. The highest BCUT2D eigenvalue weighted by Gasteiger charge is 2.64. The first-order valence-corrected chi connectivity index (χ1v) is 9.70. The number of amides is 2. The van der Waals surface area contributed by atoms with Crippen LogP contribution in [0.5, 0.6) is 11.5 Å². The molecule has 152 valence electrons. The third kappa shape index (κ3) is 3.28. The normalized spacial score (nSPS) is 24.8. The van der Waals surface area contributed by atoms with Gasteiger partial charge in [0.25, 0.3) is 0 Å². The second-order valence-corrected chi connectivity index (χ2v) is 8.92. The molecule has 0 saturated carbocycles. The van der Waals surface area contributed by atoms with Crippen molar-refractivity contribution in [2.45, 2.75) is 42.5 Å². The number of carbonyl (C=O) groups is 3. The lowest BCUT2D eigenvalue weighted by molar-refractivity contribution is -0.162. The number of nitrogens with one attached hydrogen (secondary N) is 1. The summed E-state index contributed by atoms with van der Waals surface area (Å²) >= 11 is 1.49. The smallest absolute Gasteiger partial charge is 0.330 e.